The first-order valence-electron chi connectivity index (χ1n) is 5.06. The van der Waals surface area contributed by atoms with Gasteiger partial charge in [-0.2, -0.15) is 0 Å². The monoisotopic (exact) mass is 228 g/mol. The third-order valence-electron chi connectivity index (χ3n) is 2.22. The number of nitrogens with one attached hydrogen (secondary N) is 1. The standard InChI is InChI=1S/C12H11N3O2/c16-12(17)15-10-4-2-6-14-11(10)7-9-3-1-5-13-8-9/h1-6,8,15H,7H2,(H,16,17)/p-1. The van der Waals surface area contributed by atoms with E-state index in [4.69, 9.17) is 0 Å². The van der Waals surface area contributed by atoms with Crippen molar-refractivity contribution in [1.29, 1.82) is 0 Å². The third-order valence-corrected chi connectivity index (χ3v) is 2.22. The Hall–Kier alpha value is -2.43. The number of carboxylic acid groups (broad SMARTS) is 1. The Morgan fingerprint density at radius 1 is 1.29 bits per heavy atom. The molecule has 0 unspecified atom stereocenters. The quantitative estimate of drug-likeness (QED) is 0.843. The van der Waals surface area contributed by atoms with E-state index >= 15 is 0 Å². The zero-order valence-electron chi connectivity index (χ0n) is 8.96. The molecule has 0 atom stereocenters. The minimum absolute atomic E-state index is 0.441. The lowest BCUT2D eigenvalue weighted by Gasteiger charge is -2.10. The van der Waals surface area contributed by atoms with Crippen molar-refractivity contribution in [2.75, 3.05) is 5.32 Å². The summed E-state index contributed by atoms with van der Waals surface area (Å²) in [7, 11) is 0. The van der Waals surface area contributed by atoms with Gasteiger partial charge in [-0.15, -0.1) is 0 Å². The largest absolute Gasteiger partial charge is 0.530 e. The predicted octanol–water partition coefficient (Wildman–Crippen LogP) is 0.823. The lowest BCUT2D eigenvalue weighted by molar-refractivity contribution is -0.242. The van der Waals surface area contributed by atoms with E-state index in [1.807, 2.05) is 12.1 Å². The lowest BCUT2D eigenvalue weighted by atomic mass is 10.1. The van der Waals surface area contributed by atoms with E-state index in [9.17, 15) is 9.90 Å². The van der Waals surface area contributed by atoms with Crippen molar-refractivity contribution in [1.82, 2.24) is 9.97 Å². The van der Waals surface area contributed by atoms with Crippen LogP contribution in [0.2, 0.25) is 0 Å². The number of rotatable bonds is 3. The van der Waals surface area contributed by atoms with Crippen molar-refractivity contribution in [2.45, 2.75) is 6.42 Å². The minimum atomic E-state index is -1.34. The second kappa shape index (κ2) is 5.07. The van der Waals surface area contributed by atoms with E-state index < -0.39 is 6.09 Å². The molecule has 5 nitrogen and oxygen atoms in total. The van der Waals surface area contributed by atoms with Gasteiger partial charge in [0, 0.05) is 25.0 Å². The zero-order chi connectivity index (χ0) is 12.1. The first kappa shape index (κ1) is 11.1. The molecule has 0 aliphatic rings. The van der Waals surface area contributed by atoms with Gasteiger partial charge < -0.3 is 15.2 Å². The maximum absolute atomic E-state index is 10.5. The number of aromatic nitrogens is 2. The Morgan fingerprint density at radius 2 is 2.12 bits per heavy atom. The molecular weight excluding hydrogens is 218 g/mol. The summed E-state index contributed by atoms with van der Waals surface area (Å²) in [5.74, 6) is 0. The van der Waals surface area contributed by atoms with Gasteiger partial charge in [0.2, 0.25) is 0 Å². The van der Waals surface area contributed by atoms with Crippen LogP contribution in [0.4, 0.5) is 10.5 Å². The van der Waals surface area contributed by atoms with Crippen LogP contribution in [0.3, 0.4) is 0 Å². The van der Waals surface area contributed by atoms with Crippen LogP contribution in [0.5, 0.6) is 0 Å². The summed E-state index contributed by atoms with van der Waals surface area (Å²) in [4.78, 5) is 18.7. The fourth-order valence-electron chi connectivity index (χ4n) is 1.50. The molecule has 2 heterocycles. The van der Waals surface area contributed by atoms with E-state index in [0.717, 1.165) is 5.56 Å². The van der Waals surface area contributed by atoms with Gasteiger partial charge in [0.15, 0.2) is 0 Å². The molecule has 0 aliphatic heterocycles. The average molecular weight is 228 g/mol. The number of hydrogen-bond acceptors (Lipinski definition) is 4. The van der Waals surface area contributed by atoms with Gasteiger partial charge in [0.1, 0.15) is 6.09 Å². The molecule has 0 bridgehead atoms. The molecular formula is C12H10N3O2-. The van der Waals surface area contributed by atoms with Crippen molar-refractivity contribution in [3.05, 3.63) is 54.1 Å². The van der Waals surface area contributed by atoms with Crippen LogP contribution < -0.4 is 10.4 Å². The molecule has 17 heavy (non-hydrogen) atoms. The zero-order valence-corrected chi connectivity index (χ0v) is 8.96. The average Bonchev–Trinajstić information content (AvgIpc) is 2.32. The van der Waals surface area contributed by atoms with E-state index in [1.165, 1.54) is 0 Å². The van der Waals surface area contributed by atoms with Gasteiger partial charge >= 0.3 is 0 Å². The molecule has 2 aromatic heterocycles. The fourth-order valence-corrected chi connectivity index (χ4v) is 1.50. The Labute approximate surface area is 98.2 Å². The summed E-state index contributed by atoms with van der Waals surface area (Å²) in [6.45, 7) is 0. The number of pyridine rings is 2. The van der Waals surface area contributed by atoms with Crippen LogP contribution in [0, 0.1) is 0 Å². The molecule has 5 heteroatoms. The Kier molecular flexibility index (Phi) is 3.30. The molecule has 0 aliphatic carbocycles. The number of hydrogen-bond donors (Lipinski definition) is 1. The number of amides is 1. The first-order chi connectivity index (χ1) is 8.25. The molecule has 0 radical (unpaired) electrons. The van der Waals surface area contributed by atoms with Gasteiger partial charge in [-0.1, -0.05) is 6.07 Å². The fraction of sp³-hybridized carbons (Fsp3) is 0.0833. The molecule has 2 aromatic rings. The topological polar surface area (TPSA) is 77.9 Å². The molecule has 0 aromatic carbocycles. The van der Waals surface area contributed by atoms with Gasteiger partial charge in [-0.25, -0.2) is 0 Å². The predicted molar refractivity (Wildman–Crippen MR) is 60.3 cm³/mol. The maximum Gasteiger partial charge on any atom is 0.138 e. The van der Waals surface area contributed by atoms with Crippen molar-refractivity contribution in [3.63, 3.8) is 0 Å². The van der Waals surface area contributed by atoms with E-state index in [-0.39, 0.29) is 0 Å². The highest BCUT2D eigenvalue weighted by atomic mass is 16.4. The lowest BCUT2D eigenvalue weighted by Crippen LogP contribution is -2.29. The molecule has 86 valence electrons. The van der Waals surface area contributed by atoms with E-state index in [1.54, 1.807) is 30.7 Å². The third kappa shape index (κ3) is 3.01. The second-order valence-electron chi connectivity index (χ2n) is 3.45. The number of carbonyl (C=O) groups excluding carboxylic acids is 1. The van der Waals surface area contributed by atoms with Gasteiger partial charge in [0.05, 0.1) is 11.4 Å². The summed E-state index contributed by atoms with van der Waals surface area (Å²) in [5, 5.41) is 12.7. The smallest absolute Gasteiger partial charge is 0.138 e. The molecule has 1 N–H and O–H groups in total. The van der Waals surface area contributed by atoms with Gasteiger partial charge in [-0.3, -0.25) is 9.97 Å². The van der Waals surface area contributed by atoms with Crippen LogP contribution in [0.25, 0.3) is 0 Å². The SMILES string of the molecule is O=C([O-])Nc1cccnc1Cc1cccnc1. The highest BCUT2D eigenvalue weighted by Crippen LogP contribution is 2.15. The second-order valence-corrected chi connectivity index (χ2v) is 3.45. The van der Waals surface area contributed by atoms with Crippen molar-refractivity contribution >= 4 is 11.8 Å². The summed E-state index contributed by atoms with van der Waals surface area (Å²) in [6, 6.07) is 7.04. The van der Waals surface area contributed by atoms with Gasteiger partial charge in [0.25, 0.3) is 0 Å². The normalized spacial score (nSPS) is 9.88. The molecule has 1 amide bonds. The molecule has 0 saturated heterocycles. The van der Waals surface area contributed by atoms with Crippen LogP contribution in [-0.4, -0.2) is 16.1 Å². The Morgan fingerprint density at radius 3 is 2.82 bits per heavy atom. The number of anilines is 1. The Bertz CT molecular complexity index is 514. The van der Waals surface area contributed by atoms with Gasteiger partial charge in [-0.05, 0) is 23.8 Å². The van der Waals surface area contributed by atoms with Crippen LogP contribution in [0.15, 0.2) is 42.9 Å². The van der Waals surface area contributed by atoms with E-state index in [0.29, 0.717) is 17.8 Å². The summed E-state index contributed by atoms with van der Waals surface area (Å²) in [6.07, 6.45) is 4.20. The highest BCUT2D eigenvalue weighted by Gasteiger charge is 2.04. The first-order valence-corrected chi connectivity index (χ1v) is 5.06. The number of nitrogens with zero attached hydrogens (tertiary/aromatic N) is 2. The summed E-state index contributed by atoms with van der Waals surface area (Å²) < 4.78 is 0. The number of carbonyl (C=O) groups is 1. The summed E-state index contributed by atoms with van der Waals surface area (Å²) in [5.41, 5.74) is 2.05. The molecule has 2 rings (SSSR count). The van der Waals surface area contributed by atoms with Crippen molar-refractivity contribution < 1.29 is 9.90 Å². The summed E-state index contributed by atoms with van der Waals surface area (Å²) >= 11 is 0. The molecule has 0 fully saturated rings. The Balaban J connectivity index is 2.23. The van der Waals surface area contributed by atoms with Crippen molar-refractivity contribution in [2.24, 2.45) is 0 Å². The van der Waals surface area contributed by atoms with Crippen molar-refractivity contribution in [3.8, 4) is 0 Å². The minimum Gasteiger partial charge on any atom is -0.530 e. The highest BCUT2D eigenvalue weighted by molar-refractivity contribution is 5.81. The van der Waals surface area contributed by atoms with Crippen LogP contribution >= 0.6 is 0 Å². The molecule has 0 saturated carbocycles. The van der Waals surface area contributed by atoms with E-state index in [2.05, 4.69) is 15.3 Å². The van der Waals surface area contributed by atoms with Crippen LogP contribution in [0.1, 0.15) is 11.3 Å². The maximum atomic E-state index is 10.5. The molecule has 0 spiro atoms. The van der Waals surface area contributed by atoms with Crippen LogP contribution in [-0.2, 0) is 6.42 Å².